The normalized spacial score (nSPS) is 0. The summed E-state index contributed by atoms with van der Waals surface area (Å²) in [5, 5.41) is 0. The molecule has 0 aromatic heterocycles. The number of hydrogen-bond donors (Lipinski definition) is 0. The van der Waals surface area contributed by atoms with Crippen LogP contribution in [0.3, 0.4) is 0 Å². The summed E-state index contributed by atoms with van der Waals surface area (Å²) in [7, 11) is 0. The third-order valence-corrected chi connectivity index (χ3v) is 0. The Labute approximate surface area is 122 Å². The van der Waals surface area contributed by atoms with Crippen LogP contribution >= 0.6 is 13.5 Å². The van der Waals surface area contributed by atoms with Crippen molar-refractivity contribution in [1.29, 1.82) is 0 Å². The molecule has 0 fully saturated rings. The smallest absolute Gasteiger partial charge is 0 e. The van der Waals surface area contributed by atoms with Crippen LogP contribution in [0.5, 0.6) is 0 Å². The second kappa shape index (κ2) is 15.7. The summed E-state index contributed by atoms with van der Waals surface area (Å²) in [4.78, 5) is 0. The molecule has 4 heavy (non-hydrogen) atoms. The Bertz CT molecular complexity index is 8.00. The van der Waals surface area contributed by atoms with Gasteiger partial charge in [0, 0.05) is 112 Å². The van der Waals surface area contributed by atoms with E-state index in [-0.39, 0.29) is 126 Å². The Kier molecular flexibility index (Phi) is 96.3. The molecule has 13 valence electrons. The molecule has 0 unspecified atom stereocenters. The van der Waals surface area contributed by atoms with Crippen molar-refractivity contribution in [3.8, 4) is 0 Å². The first-order chi connectivity index (χ1) is 0. The zero-order valence-electron chi connectivity index (χ0n) is 2.91. The second-order valence-electron chi connectivity index (χ2n) is 0. The van der Waals surface area contributed by atoms with Gasteiger partial charge in [-0.05, 0) is 0 Å². The fraction of sp³-hybridized carbons (Fsp3) is 0. The van der Waals surface area contributed by atoms with Gasteiger partial charge in [0.25, 0.3) is 0 Å². The topological polar surface area (TPSA) is 0 Å². The van der Waals surface area contributed by atoms with Gasteiger partial charge in [-0.25, -0.2) is 0 Å². The minimum absolute atomic E-state index is 0. The molecule has 0 amide bonds. The quantitative estimate of drug-likeness (QED) is 0.375. The number of hydrogen-bond acceptors (Lipinski definition) is 0. The fourth-order valence-electron chi connectivity index (χ4n) is 0. The van der Waals surface area contributed by atoms with Crippen molar-refractivity contribution in [2.75, 3.05) is 0 Å². The fourth-order valence-corrected chi connectivity index (χ4v) is 0. The first-order valence-electron chi connectivity index (χ1n) is 0. The molecule has 0 rings (SSSR count). The summed E-state index contributed by atoms with van der Waals surface area (Å²) < 4.78 is 0. The van der Waals surface area contributed by atoms with E-state index in [4.69, 9.17) is 0 Å². The van der Waals surface area contributed by atoms with E-state index in [0.29, 0.717) is 0 Å². The van der Waals surface area contributed by atoms with Gasteiger partial charge in [-0.3, -0.25) is 0 Å². The minimum Gasteiger partial charge on any atom is -0.197 e. The molecule has 0 heterocycles. The summed E-state index contributed by atoms with van der Waals surface area (Å²) >= 11 is 0. The van der Waals surface area contributed by atoms with Gasteiger partial charge in [0.2, 0.25) is 0 Å². The maximum Gasteiger partial charge on any atom is 0 e. The minimum atomic E-state index is 0. The van der Waals surface area contributed by atoms with Crippen molar-refractivity contribution in [1.82, 2.24) is 0 Å². The third kappa shape index (κ3) is 9.38. The van der Waals surface area contributed by atoms with E-state index in [1.165, 1.54) is 0 Å². The van der Waals surface area contributed by atoms with Crippen molar-refractivity contribution in [3.63, 3.8) is 0 Å². The van der Waals surface area contributed by atoms with Crippen LogP contribution in [0.15, 0.2) is 0 Å². The molecule has 0 aliphatic rings. The van der Waals surface area contributed by atoms with Gasteiger partial charge in [0.05, 0.1) is 0 Å². The molecule has 0 bridgehead atoms. The van der Waals surface area contributed by atoms with Crippen molar-refractivity contribution < 1.29 is 0 Å². The average Bonchev–Trinajstić information content (AvgIpc) is 0. The maximum absolute atomic E-state index is 0. The Morgan fingerprint density at radius 2 is 1.00 bits per heavy atom. The van der Waals surface area contributed by atoms with Crippen molar-refractivity contribution in [3.05, 3.63) is 0 Å². The van der Waals surface area contributed by atoms with Crippen LogP contribution in [-0.2, 0) is 0 Å². The molecule has 0 aromatic carbocycles. The predicted molar refractivity (Wildman–Crippen MR) is 27.6 cm³/mol. The Balaban J connectivity index is 0. The Morgan fingerprint density at radius 3 is 1.00 bits per heavy atom. The van der Waals surface area contributed by atoms with Gasteiger partial charge in [-0.1, -0.05) is 0 Å². The Hall–Kier alpha value is 4.01. The number of rotatable bonds is 0. The van der Waals surface area contributed by atoms with E-state index in [2.05, 4.69) is 0 Å². The molecule has 4 heteroatoms. The average molecular weight is 138 g/mol. The van der Waals surface area contributed by atoms with E-state index in [1.807, 2.05) is 0 Å². The molecule has 0 aliphatic heterocycles. The maximum atomic E-state index is 0. The second-order valence-corrected chi connectivity index (χ2v) is 0. The van der Waals surface area contributed by atoms with Crippen LogP contribution in [0.1, 0.15) is 0 Å². The molecule has 5 radical (unpaired) electrons. The van der Waals surface area contributed by atoms with Gasteiger partial charge in [0.15, 0.2) is 0 Å². The first-order valence-corrected chi connectivity index (χ1v) is 0. The van der Waals surface area contributed by atoms with Gasteiger partial charge in [-0.15, -0.1) is 0 Å². The molecular formula is H2CaKMgS. The molecule has 0 saturated carbocycles. The van der Waals surface area contributed by atoms with Gasteiger partial charge >= 0.3 is 0 Å². The SMILES string of the molecule is S.[Ca].[K].[Mg]. The molecule has 0 nitrogen and oxygen atoms in total. The van der Waals surface area contributed by atoms with Crippen LogP contribution in [0, 0.1) is 0 Å². The van der Waals surface area contributed by atoms with Gasteiger partial charge in [0.1, 0.15) is 0 Å². The van der Waals surface area contributed by atoms with E-state index >= 15 is 0 Å². The zero-order chi connectivity index (χ0) is 0. The van der Waals surface area contributed by atoms with Crippen molar-refractivity contribution >= 4 is 126 Å². The molecular weight excluding hydrogens is 136 g/mol. The molecule has 0 saturated heterocycles. The van der Waals surface area contributed by atoms with Gasteiger partial charge < -0.3 is 0 Å². The van der Waals surface area contributed by atoms with Crippen molar-refractivity contribution in [2.45, 2.75) is 0 Å². The van der Waals surface area contributed by atoms with E-state index < -0.39 is 0 Å². The Morgan fingerprint density at radius 1 is 1.00 bits per heavy atom. The van der Waals surface area contributed by atoms with Crippen LogP contribution in [-0.4, -0.2) is 112 Å². The van der Waals surface area contributed by atoms with Crippen LogP contribution in [0.4, 0.5) is 0 Å². The molecule has 0 atom stereocenters. The third-order valence-electron chi connectivity index (χ3n) is 0. The van der Waals surface area contributed by atoms with E-state index in [9.17, 15) is 0 Å². The van der Waals surface area contributed by atoms with Gasteiger partial charge in [-0.2, -0.15) is 13.5 Å². The standard InChI is InChI=1S/Ca.K.Mg.H2S/h;;;1H2. The summed E-state index contributed by atoms with van der Waals surface area (Å²) in [6.07, 6.45) is 0. The summed E-state index contributed by atoms with van der Waals surface area (Å²) in [5.41, 5.74) is 0. The summed E-state index contributed by atoms with van der Waals surface area (Å²) in [5.74, 6) is 0. The van der Waals surface area contributed by atoms with Crippen LogP contribution < -0.4 is 0 Å². The zero-order valence-corrected chi connectivity index (χ0v) is 10.7. The predicted octanol–water partition coefficient (Wildman–Crippen LogP) is -1.03. The molecule has 0 aromatic rings. The largest absolute Gasteiger partial charge is 0.197 e. The molecule has 0 spiro atoms. The summed E-state index contributed by atoms with van der Waals surface area (Å²) in [6, 6.07) is 0. The van der Waals surface area contributed by atoms with E-state index in [1.54, 1.807) is 0 Å². The van der Waals surface area contributed by atoms with Crippen LogP contribution in [0.2, 0.25) is 0 Å². The first kappa shape index (κ1) is 24.5. The monoisotopic (exact) mass is 137 g/mol. The molecule has 0 aliphatic carbocycles. The van der Waals surface area contributed by atoms with Crippen LogP contribution in [0.25, 0.3) is 0 Å². The summed E-state index contributed by atoms with van der Waals surface area (Å²) in [6.45, 7) is 0. The molecule has 0 N–H and O–H groups in total. The van der Waals surface area contributed by atoms with Crippen molar-refractivity contribution in [2.24, 2.45) is 0 Å². The van der Waals surface area contributed by atoms with E-state index in [0.717, 1.165) is 0 Å².